The van der Waals surface area contributed by atoms with E-state index in [0.717, 1.165) is 5.56 Å². The Morgan fingerprint density at radius 3 is 2.63 bits per heavy atom. The maximum atomic E-state index is 11.3. The highest BCUT2D eigenvalue weighted by molar-refractivity contribution is 5.78. The summed E-state index contributed by atoms with van der Waals surface area (Å²) in [4.78, 5) is 22.6. The van der Waals surface area contributed by atoms with E-state index < -0.39 is 12.1 Å². The SMILES string of the molecule is O=C(CNC(=O)OCc1ccccc1)OC1COC1. The van der Waals surface area contributed by atoms with Gasteiger partial charge < -0.3 is 19.5 Å². The number of carbonyl (C=O) groups is 2. The van der Waals surface area contributed by atoms with Crippen LogP contribution >= 0.6 is 0 Å². The minimum absolute atomic E-state index is 0.165. The summed E-state index contributed by atoms with van der Waals surface area (Å²) in [6.45, 7) is 0.802. The molecule has 0 spiro atoms. The minimum atomic E-state index is -0.648. The highest BCUT2D eigenvalue weighted by Gasteiger charge is 2.22. The normalized spacial score (nSPS) is 14.3. The van der Waals surface area contributed by atoms with Gasteiger partial charge in [0.25, 0.3) is 0 Å². The number of rotatable bonds is 5. The van der Waals surface area contributed by atoms with E-state index in [0.29, 0.717) is 13.2 Å². The Morgan fingerprint density at radius 1 is 1.26 bits per heavy atom. The van der Waals surface area contributed by atoms with Crippen molar-refractivity contribution in [1.82, 2.24) is 5.32 Å². The summed E-state index contributed by atoms with van der Waals surface area (Å²) < 4.78 is 14.8. The molecule has 1 aliphatic heterocycles. The monoisotopic (exact) mass is 265 g/mol. The van der Waals surface area contributed by atoms with E-state index in [2.05, 4.69) is 5.32 Å². The third-order valence-electron chi connectivity index (χ3n) is 2.50. The number of hydrogen-bond acceptors (Lipinski definition) is 5. The highest BCUT2D eigenvalue weighted by Crippen LogP contribution is 2.05. The molecule has 1 aromatic rings. The molecular formula is C13H15NO5. The summed E-state index contributed by atoms with van der Waals surface area (Å²) in [6, 6.07) is 9.28. The molecular weight excluding hydrogens is 250 g/mol. The van der Waals surface area contributed by atoms with Crippen LogP contribution in [-0.2, 0) is 25.6 Å². The second kappa shape index (κ2) is 6.75. The molecule has 6 heteroatoms. The Balaban J connectivity index is 1.60. The fourth-order valence-corrected chi connectivity index (χ4v) is 1.43. The predicted molar refractivity (Wildman–Crippen MR) is 65.3 cm³/mol. The third-order valence-corrected chi connectivity index (χ3v) is 2.50. The molecule has 102 valence electrons. The molecule has 0 saturated carbocycles. The van der Waals surface area contributed by atoms with E-state index in [9.17, 15) is 9.59 Å². The second-order valence-corrected chi connectivity index (χ2v) is 4.06. The van der Waals surface area contributed by atoms with E-state index in [-0.39, 0.29) is 19.3 Å². The molecule has 0 aliphatic carbocycles. The first-order valence-corrected chi connectivity index (χ1v) is 5.96. The number of alkyl carbamates (subject to hydrolysis) is 1. The molecule has 1 fully saturated rings. The van der Waals surface area contributed by atoms with Gasteiger partial charge in [-0.15, -0.1) is 0 Å². The van der Waals surface area contributed by atoms with Crippen LogP contribution in [-0.4, -0.2) is 37.9 Å². The van der Waals surface area contributed by atoms with Crippen LogP contribution in [0.3, 0.4) is 0 Å². The number of benzene rings is 1. The van der Waals surface area contributed by atoms with Gasteiger partial charge in [0.2, 0.25) is 0 Å². The lowest BCUT2D eigenvalue weighted by Crippen LogP contribution is -2.41. The van der Waals surface area contributed by atoms with Gasteiger partial charge in [0.15, 0.2) is 0 Å². The molecule has 1 heterocycles. The highest BCUT2D eigenvalue weighted by atomic mass is 16.6. The van der Waals surface area contributed by atoms with Gasteiger partial charge in [-0.3, -0.25) is 4.79 Å². The first kappa shape index (κ1) is 13.4. The van der Waals surface area contributed by atoms with Crippen LogP contribution in [0.4, 0.5) is 4.79 Å². The smallest absolute Gasteiger partial charge is 0.407 e. The molecule has 1 amide bonds. The van der Waals surface area contributed by atoms with Gasteiger partial charge >= 0.3 is 12.1 Å². The molecule has 1 saturated heterocycles. The van der Waals surface area contributed by atoms with E-state index in [1.165, 1.54) is 0 Å². The summed E-state index contributed by atoms with van der Waals surface area (Å²) in [5.41, 5.74) is 0.881. The summed E-state index contributed by atoms with van der Waals surface area (Å²) >= 11 is 0. The van der Waals surface area contributed by atoms with Crippen LogP contribution in [0.1, 0.15) is 5.56 Å². The number of hydrogen-bond donors (Lipinski definition) is 1. The Kier molecular flexibility index (Phi) is 4.74. The summed E-state index contributed by atoms with van der Waals surface area (Å²) in [5.74, 6) is -0.495. The summed E-state index contributed by atoms with van der Waals surface area (Å²) in [6.07, 6.45) is -0.833. The molecule has 1 aliphatic rings. The van der Waals surface area contributed by atoms with Crippen molar-refractivity contribution in [2.75, 3.05) is 19.8 Å². The Bertz CT molecular complexity index is 430. The van der Waals surface area contributed by atoms with Crippen molar-refractivity contribution in [3.63, 3.8) is 0 Å². The lowest BCUT2D eigenvalue weighted by atomic mass is 10.2. The molecule has 0 atom stereocenters. The van der Waals surface area contributed by atoms with Gasteiger partial charge in [0, 0.05) is 0 Å². The topological polar surface area (TPSA) is 73.9 Å². The van der Waals surface area contributed by atoms with E-state index in [1.807, 2.05) is 30.3 Å². The fourth-order valence-electron chi connectivity index (χ4n) is 1.43. The number of carbonyl (C=O) groups excluding carboxylic acids is 2. The van der Waals surface area contributed by atoms with Crippen molar-refractivity contribution in [1.29, 1.82) is 0 Å². The van der Waals surface area contributed by atoms with Crippen molar-refractivity contribution in [2.24, 2.45) is 0 Å². The fraction of sp³-hybridized carbons (Fsp3) is 0.385. The Hall–Kier alpha value is -2.08. The average molecular weight is 265 g/mol. The zero-order valence-corrected chi connectivity index (χ0v) is 10.3. The zero-order valence-electron chi connectivity index (χ0n) is 10.3. The predicted octanol–water partition coefficient (Wildman–Crippen LogP) is 0.855. The van der Waals surface area contributed by atoms with Crippen molar-refractivity contribution in [3.05, 3.63) is 35.9 Å². The van der Waals surface area contributed by atoms with E-state index >= 15 is 0 Å². The number of ether oxygens (including phenoxy) is 3. The van der Waals surface area contributed by atoms with E-state index in [4.69, 9.17) is 14.2 Å². The van der Waals surface area contributed by atoms with Gasteiger partial charge in [-0.05, 0) is 5.56 Å². The maximum absolute atomic E-state index is 11.3. The van der Waals surface area contributed by atoms with Crippen LogP contribution in [0, 0.1) is 0 Å². The molecule has 0 radical (unpaired) electrons. The standard InChI is InChI=1S/C13H15NO5/c15-12(19-11-8-17-9-11)6-14-13(16)18-7-10-4-2-1-3-5-10/h1-5,11H,6-9H2,(H,14,16). The molecule has 0 unspecified atom stereocenters. The summed E-state index contributed by atoms with van der Waals surface area (Å²) in [5, 5.41) is 2.33. The Labute approximate surface area is 110 Å². The summed E-state index contributed by atoms with van der Waals surface area (Å²) in [7, 11) is 0. The molecule has 1 aromatic carbocycles. The maximum Gasteiger partial charge on any atom is 0.407 e. The van der Waals surface area contributed by atoms with Crippen molar-refractivity contribution in [2.45, 2.75) is 12.7 Å². The van der Waals surface area contributed by atoms with E-state index in [1.54, 1.807) is 0 Å². The quantitative estimate of drug-likeness (QED) is 0.799. The van der Waals surface area contributed by atoms with Crippen LogP contribution in [0.5, 0.6) is 0 Å². The van der Waals surface area contributed by atoms with Gasteiger partial charge in [0.05, 0.1) is 13.2 Å². The lowest BCUT2D eigenvalue weighted by molar-refractivity contribution is -0.170. The molecule has 19 heavy (non-hydrogen) atoms. The second-order valence-electron chi connectivity index (χ2n) is 4.06. The van der Waals surface area contributed by atoms with Gasteiger partial charge in [-0.1, -0.05) is 30.3 Å². The molecule has 0 aromatic heterocycles. The molecule has 1 N–H and O–H groups in total. The van der Waals surface area contributed by atoms with Crippen molar-refractivity contribution >= 4 is 12.1 Å². The molecule has 2 rings (SSSR count). The zero-order chi connectivity index (χ0) is 13.5. The third kappa shape index (κ3) is 4.59. The van der Waals surface area contributed by atoms with Crippen LogP contribution < -0.4 is 5.32 Å². The minimum Gasteiger partial charge on any atom is -0.456 e. The molecule has 6 nitrogen and oxygen atoms in total. The number of esters is 1. The van der Waals surface area contributed by atoms with Crippen LogP contribution in [0.25, 0.3) is 0 Å². The lowest BCUT2D eigenvalue weighted by Gasteiger charge is -2.25. The van der Waals surface area contributed by atoms with Crippen LogP contribution in [0.2, 0.25) is 0 Å². The van der Waals surface area contributed by atoms with Crippen LogP contribution in [0.15, 0.2) is 30.3 Å². The van der Waals surface area contributed by atoms with Crippen molar-refractivity contribution < 1.29 is 23.8 Å². The number of amides is 1. The van der Waals surface area contributed by atoms with Gasteiger partial charge in [-0.25, -0.2) is 4.79 Å². The average Bonchev–Trinajstić information content (AvgIpc) is 2.39. The van der Waals surface area contributed by atoms with Gasteiger partial charge in [-0.2, -0.15) is 0 Å². The first-order chi connectivity index (χ1) is 9.24. The largest absolute Gasteiger partial charge is 0.456 e. The van der Waals surface area contributed by atoms with Crippen molar-refractivity contribution in [3.8, 4) is 0 Å². The Morgan fingerprint density at radius 2 is 2.00 bits per heavy atom. The number of nitrogens with one attached hydrogen (secondary N) is 1. The first-order valence-electron chi connectivity index (χ1n) is 5.96. The van der Waals surface area contributed by atoms with Gasteiger partial charge in [0.1, 0.15) is 19.3 Å². The molecule has 0 bridgehead atoms.